The van der Waals surface area contributed by atoms with E-state index in [1.54, 1.807) is 17.9 Å². The Kier molecular flexibility index (Phi) is 5.55. The molecule has 0 radical (unpaired) electrons. The highest BCUT2D eigenvalue weighted by atomic mass is 16.6. The molecule has 2 heterocycles. The van der Waals surface area contributed by atoms with Gasteiger partial charge < -0.3 is 20.1 Å². The molecule has 1 fully saturated rings. The summed E-state index contributed by atoms with van der Waals surface area (Å²) in [7, 11) is 0. The average Bonchev–Trinajstić information content (AvgIpc) is 2.49. The van der Waals surface area contributed by atoms with Crippen LogP contribution in [0.4, 0.5) is 10.5 Å². The third-order valence-corrected chi connectivity index (χ3v) is 4.06. The van der Waals surface area contributed by atoms with Gasteiger partial charge in [-0.25, -0.2) is 4.79 Å². The number of pyridine rings is 1. The molecular weight excluding hydrogens is 322 g/mol. The Morgan fingerprint density at radius 1 is 1.32 bits per heavy atom. The van der Waals surface area contributed by atoms with Crippen LogP contribution in [0.2, 0.25) is 0 Å². The first kappa shape index (κ1) is 19.0. The molecule has 2 N–H and O–H groups in total. The van der Waals surface area contributed by atoms with Crippen molar-refractivity contribution in [3.8, 4) is 5.75 Å². The van der Waals surface area contributed by atoms with Crippen molar-refractivity contribution in [3.05, 3.63) is 17.5 Å². The van der Waals surface area contributed by atoms with Crippen LogP contribution in [0.15, 0.2) is 6.07 Å². The number of anilines is 1. The molecule has 1 aromatic heterocycles. The van der Waals surface area contributed by atoms with E-state index in [9.17, 15) is 14.7 Å². The average molecular weight is 349 g/mol. The van der Waals surface area contributed by atoms with Crippen molar-refractivity contribution in [1.29, 1.82) is 0 Å². The van der Waals surface area contributed by atoms with E-state index in [1.165, 1.54) is 6.92 Å². The molecule has 2 rings (SSSR count). The van der Waals surface area contributed by atoms with Crippen LogP contribution in [0.5, 0.6) is 5.75 Å². The normalized spacial score (nSPS) is 15.8. The van der Waals surface area contributed by atoms with Gasteiger partial charge in [0, 0.05) is 31.6 Å². The largest absolute Gasteiger partial charge is 0.504 e. The first-order valence-electron chi connectivity index (χ1n) is 8.53. The number of hydrogen-bond donors (Lipinski definition) is 2. The smallest absolute Gasteiger partial charge is 0.410 e. The van der Waals surface area contributed by atoms with Crippen molar-refractivity contribution in [2.45, 2.75) is 59.0 Å². The Balaban J connectivity index is 2.06. The number of ether oxygens (including phenoxy) is 1. The van der Waals surface area contributed by atoms with Crippen molar-refractivity contribution >= 4 is 17.7 Å². The second kappa shape index (κ2) is 7.29. The van der Waals surface area contributed by atoms with E-state index in [2.05, 4.69) is 10.3 Å². The predicted octanol–water partition coefficient (Wildman–Crippen LogP) is 3.17. The van der Waals surface area contributed by atoms with Crippen LogP contribution < -0.4 is 5.32 Å². The molecule has 0 atom stereocenters. The SMILES string of the molecule is CC(=O)Nc1cc(C2CCN(C(=O)OC(C)(C)C)CC2)nc(C)c1O. The van der Waals surface area contributed by atoms with Crippen LogP contribution in [0.3, 0.4) is 0 Å². The van der Waals surface area contributed by atoms with Gasteiger partial charge in [-0.15, -0.1) is 0 Å². The van der Waals surface area contributed by atoms with E-state index in [-0.39, 0.29) is 23.7 Å². The van der Waals surface area contributed by atoms with Crippen LogP contribution in [-0.2, 0) is 9.53 Å². The van der Waals surface area contributed by atoms with Gasteiger partial charge in [0.25, 0.3) is 0 Å². The number of nitrogens with one attached hydrogen (secondary N) is 1. The zero-order valence-electron chi connectivity index (χ0n) is 15.5. The number of hydrogen-bond acceptors (Lipinski definition) is 5. The summed E-state index contributed by atoms with van der Waals surface area (Å²) < 4.78 is 5.41. The number of carbonyl (C=O) groups is 2. The second-order valence-electron chi connectivity index (χ2n) is 7.45. The standard InChI is InChI=1S/C18H27N3O4/c1-11-16(23)15(20-12(2)22)10-14(19-11)13-6-8-21(9-7-13)17(24)25-18(3,4)5/h10,13,23H,6-9H2,1-5H3,(H,19,20,22). The molecule has 0 bridgehead atoms. The van der Waals surface area contributed by atoms with Crippen molar-refractivity contribution in [2.75, 3.05) is 18.4 Å². The number of aryl methyl sites for hydroxylation is 1. The number of nitrogens with zero attached hydrogens (tertiary/aromatic N) is 2. The first-order chi connectivity index (χ1) is 11.6. The van der Waals surface area contributed by atoms with Gasteiger partial charge in [0.2, 0.25) is 5.91 Å². The summed E-state index contributed by atoms with van der Waals surface area (Å²) in [5, 5.41) is 12.7. The highest BCUT2D eigenvalue weighted by Crippen LogP contribution is 2.33. The van der Waals surface area contributed by atoms with Gasteiger partial charge in [0.1, 0.15) is 5.60 Å². The number of aromatic hydroxyl groups is 1. The molecule has 25 heavy (non-hydrogen) atoms. The molecular formula is C18H27N3O4. The summed E-state index contributed by atoms with van der Waals surface area (Å²) in [6.07, 6.45) is 1.23. The lowest BCUT2D eigenvalue weighted by Crippen LogP contribution is -2.41. The van der Waals surface area contributed by atoms with Crippen molar-refractivity contribution in [3.63, 3.8) is 0 Å². The number of likely N-dealkylation sites (tertiary alicyclic amines) is 1. The molecule has 0 aromatic carbocycles. The van der Waals surface area contributed by atoms with E-state index in [4.69, 9.17) is 4.74 Å². The number of amides is 2. The fourth-order valence-electron chi connectivity index (χ4n) is 2.87. The Morgan fingerprint density at radius 2 is 1.92 bits per heavy atom. The van der Waals surface area contributed by atoms with Gasteiger partial charge in [0.15, 0.2) is 5.75 Å². The fourth-order valence-corrected chi connectivity index (χ4v) is 2.87. The molecule has 138 valence electrons. The molecule has 0 spiro atoms. The van der Waals surface area contributed by atoms with Gasteiger partial charge in [-0.05, 0) is 46.6 Å². The first-order valence-corrected chi connectivity index (χ1v) is 8.53. The Morgan fingerprint density at radius 3 is 2.44 bits per heavy atom. The van der Waals surface area contributed by atoms with Crippen LogP contribution in [0.25, 0.3) is 0 Å². The minimum atomic E-state index is -0.503. The lowest BCUT2D eigenvalue weighted by molar-refractivity contribution is -0.114. The minimum Gasteiger partial charge on any atom is -0.504 e. The summed E-state index contributed by atoms with van der Waals surface area (Å²) in [5.41, 5.74) is 1.18. The zero-order chi connectivity index (χ0) is 18.8. The molecule has 1 aliphatic heterocycles. The van der Waals surface area contributed by atoms with E-state index < -0.39 is 5.60 Å². The third-order valence-electron chi connectivity index (χ3n) is 4.06. The molecule has 7 nitrogen and oxygen atoms in total. The van der Waals surface area contributed by atoms with Crippen molar-refractivity contribution in [2.24, 2.45) is 0 Å². The van der Waals surface area contributed by atoms with Crippen LogP contribution in [0.1, 0.15) is 57.8 Å². The topological polar surface area (TPSA) is 91.8 Å². The van der Waals surface area contributed by atoms with E-state index >= 15 is 0 Å². The summed E-state index contributed by atoms with van der Waals surface area (Å²) in [6.45, 7) is 9.85. The Bertz CT molecular complexity index is 659. The summed E-state index contributed by atoms with van der Waals surface area (Å²) >= 11 is 0. The maximum atomic E-state index is 12.1. The van der Waals surface area contributed by atoms with Gasteiger partial charge in [-0.2, -0.15) is 0 Å². The van der Waals surface area contributed by atoms with Crippen LogP contribution in [-0.4, -0.2) is 45.7 Å². The Hall–Kier alpha value is -2.31. The summed E-state index contributed by atoms with van der Waals surface area (Å²) in [4.78, 5) is 29.6. The maximum absolute atomic E-state index is 12.1. The fraction of sp³-hybridized carbons (Fsp3) is 0.611. The highest BCUT2D eigenvalue weighted by molar-refractivity contribution is 5.90. The lowest BCUT2D eigenvalue weighted by atomic mass is 9.92. The molecule has 0 unspecified atom stereocenters. The maximum Gasteiger partial charge on any atom is 0.410 e. The third kappa shape index (κ3) is 5.08. The number of piperidine rings is 1. The van der Waals surface area contributed by atoms with Crippen molar-refractivity contribution < 1.29 is 19.4 Å². The second-order valence-corrected chi connectivity index (χ2v) is 7.45. The van der Waals surface area contributed by atoms with E-state index in [1.807, 2.05) is 20.8 Å². The summed E-state index contributed by atoms with van der Waals surface area (Å²) in [6, 6.07) is 1.72. The minimum absolute atomic E-state index is 0.00913. The molecule has 2 amide bonds. The van der Waals surface area contributed by atoms with Gasteiger partial charge in [-0.1, -0.05) is 0 Å². The van der Waals surface area contributed by atoms with Gasteiger partial charge in [-0.3, -0.25) is 9.78 Å². The monoisotopic (exact) mass is 349 g/mol. The van der Waals surface area contributed by atoms with Crippen LogP contribution >= 0.6 is 0 Å². The van der Waals surface area contributed by atoms with E-state index in [0.717, 1.165) is 18.5 Å². The molecule has 1 aliphatic rings. The van der Waals surface area contributed by atoms with Gasteiger partial charge in [0.05, 0.1) is 11.4 Å². The predicted molar refractivity (Wildman–Crippen MR) is 94.7 cm³/mol. The van der Waals surface area contributed by atoms with Gasteiger partial charge >= 0.3 is 6.09 Å². The van der Waals surface area contributed by atoms with Crippen LogP contribution in [0, 0.1) is 6.92 Å². The van der Waals surface area contributed by atoms with Crippen molar-refractivity contribution in [1.82, 2.24) is 9.88 Å². The summed E-state index contributed by atoms with van der Waals surface area (Å²) in [5.74, 6) is -0.0813. The molecule has 0 saturated carbocycles. The highest BCUT2D eigenvalue weighted by Gasteiger charge is 2.28. The lowest BCUT2D eigenvalue weighted by Gasteiger charge is -2.33. The molecule has 0 aliphatic carbocycles. The zero-order valence-corrected chi connectivity index (χ0v) is 15.5. The molecule has 1 saturated heterocycles. The molecule has 7 heteroatoms. The number of rotatable bonds is 2. The number of carbonyl (C=O) groups excluding carboxylic acids is 2. The molecule has 1 aromatic rings. The van der Waals surface area contributed by atoms with E-state index in [0.29, 0.717) is 24.5 Å². The number of aromatic nitrogens is 1. The Labute approximate surface area is 148 Å². The quantitative estimate of drug-likeness (QED) is 0.855.